The van der Waals surface area contributed by atoms with Gasteiger partial charge in [-0.05, 0) is 18.6 Å². The van der Waals surface area contributed by atoms with Crippen LogP contribution in [0.2, 0.25) is 0 Å². The molecule has 0 unspecified atom stereocenters. The van der Waals surface area contributed by atoms with Gasteiger partial charge in [-0.3, -0.25) is 4.90 Å². The minimum absolute atomic E-state index is 0.266. The molecular formula is C13H19FN2O. The average Bonchev–Trinajstić information content (AvgIpc) is 2.30. The van der Waals surface area contributed by atoms with Crippen LogP contribution in [-0.4, -0.2) is 38.2 Å². The standard InChI is InChI=1S/C13H19FN2O/c1-10-7-11(13(17-2)12(14)8-10)9-16-5-3-15-4-6-16/h7-8,15H,3-6,9H2,1-2H3. The molecule has 0 radical (unpaired) electrons. The topological polar surface area (TPSA) is 24.5 Å². The Balaban J connectivity index is 2.18. The number of piperazine rings is 1. The minimum Gasteiger partial charge on any atom is -0.493 e. The van der Waals surface area contributed by atoms with E-state index < -0.39 is 0 Å². The first-order chi connectivity index (χ1) is 8.20. The van der Waals surface area contributed by atoms with Crippen molar-refractivity contribution < 1.29 is 9.13 Å². The molecule has 1 aromatic carbocycles. The third kappa shape index (κ3) is 2.96. The van der Waals surface area contributed by atoms with Crippen LogP contribution in [0.4, 0.5) is 4.39 Å². The van der Waals surface area contributed by atoms with Gasteiger partial charge in [0, 0.05) is 38.3 Å². The number of benzene rings is 1. The highest BCUT2D eigenvalue weighted by atomic mass is 19.1. The second-order valence-corrected chi connectivity index (χ2v) is 4.47. The highest BCUT2D eigenvalue weighted by Crippen LogP contribution is 2.25. The average molecular weight is 238 g/mol. The van der Waals surface area contributed by atoms with Gasteiger partial charge >= 0.3 is 0 Å². The zero-order valence-electron chi connectivity index (χ0n) is 10.4. The zero-order valence-corrected chi connectivity index (χ0v) is 10.4. The molecule has 0 saturated carbocycles. The van der Waals surface area contributed by atoms with Gasteiger partial charge < -0.3 is 10.1 Å². The molecule has 0 atom stereocenters. The van der Waals surface area contributed by atoms with Gasteiger partial charge in [0.05, 0.1) is 7.11 Å². The van der Waals surface area contributed by atoms with E-state index in [1.54, 1.807) is 0 Å². The van der Waals surface area contributed by atoms with Gasteiger partial charge in [0.25, 0.3) is 0 Å². The fourth-order valence-electron chi connectivity index (χ4n) is 2.26. The first-order valence-corrected chi connectivity index (χ1v) is 5.97. The van der Waals surface area contributed by atoms with Crippen molar-refractivity contribution in [2.75, 3.05) is 33.3 Å². The lowest BCUT2D eigenvalue weighted by Crippen LogP contribution is -2.42. The molecule has 0 amide bonds. The van der Waals surface area contributed by atoms with E-state index in [2.05, 4.69) is 10.2 Å². The molecular weight excluding hydrogens is 219 g/mol. The predicted octanol–water partition coefficient (Wildman–Crippen LogP) is 1.55. The van der Waals surface area contributed by atoms with E-state index >= 15 is 0 Å². The Morgan fingerprint density at radius 1 is 1.35 bits per heavy atom. The van der Waals surface area contributed by atoms with Crippen LogP contribution >= 0.6 is 0 Å². The second kappa shape index (κ2) is 5.47. The Morgan fingerprint density at radius 3 is 2.71 bits per heavy atom. The van der Waals surface area contributed by atoms with Crippen molar-refractivity contribution in [3.8, 4) is 5.75 Å². The van der Waals surface area contributed by atoms with E-state index in [9.17, 15) is 4.39 Å². The molecule has 0 spiro atoms. The van der Waals surface area contributed by atoms with Crippen molar-refractivity contribution in [1.82, 2.24) is 10.2 Å². The lowest BCUT2D eigenvalue weighted by atomic mass is 10.1. The van der Waals surface area contributed by atoms with Gasteiger partial charge in [0.2, 0.25) is 0 Å². The Bertz CT molecular complexity index is 389. The number of aryl methyl sites for hydroxylation is 1. The van der Waals surface area contributed by atoms with Crippen molar-refractivity contribution in [3.63, 3.8) is 0 Å². The van der Waals surface area contributed by atoms with Crippen LogP contribution in [0.25, 0.3) is 0 Å². The maximum Gasteiger partial charge on any atom is 0.165 e. The van der Waals surface area contributed by atoms with Crippen molar-refractivity contribution >= 4 is 0 Å². The van der Waals surface area contributed by atoms with Gasteiger partial charge in [-0.2, -0.15) is 0 Å². The number of hydrogen-bond donors (Lipinski definition) is 1. The summed E-state index contributed by atoms with van der Waals surface area (Å²) in [4.78, 5) is 2.31. The number of nitrogens with zero attached hydrogens (tertiary/aromatic N) is 1. The molecule has 0 aliphatic carbocycles. The van der Waals surface area contributed by atoms with Crippen LogP contribution in [0.15, 0.2) is 12.1 Å². The Labute approximate surface area is 102 Å². The molecule has 17 heavy (non-hydrogen) atoms. The number of rotatable bonds is 3. The quantitative estimate of drug-likeness (QED) is 0.864. The lowest BCUT2D eigenvalue weighted by Gasteiger charge is -2.27. The Morgan fingerprint density at radius 2 is 2.06 bits per heavy atom. The van der Waals surface area contributed by atoms with Crippen molar-refractivity contribution in [1.29, 1.82) is 0 Å². The van der Waals surface area contributed by atoms with Crippen molar-refractivity contribution in [3.05, 3.63) is 29.1 Å². The molecule has 1 N–H and O–H groups in total. The zero-order chi connectivity index (χ0) is 12.3. The molecule has 1 saturated heterocycles. The number of nitrogens with one attached hydrogen (secondary N) is 1. The number of ether oxygens (including phenoxy) is 1. The Kier molecular flexibility index (Phi) is 3.97. The fraction of sp³-hybridized carbons (Fsp3) is 0.538. The maximum atomic E-state index is 13.7. The molecule has 4 heteroatoms. The van der Waals surface area contributed by atoms with E-state index in [1.165, 1.54) is 13.2 Å². The molecule has 0 bridgehead atoms. The summed E-state index contributed by atoms with van der Waals surface area (Å²) in [5.74, 6) is 0.117. The number of hydrogen-bond acceptors (Lipinski definition) is 3. The van der Waals surface area contributed by atoms with Crippen molar-refractivity contribution in [2.45, 2.75) is 13.5 Å². The molecule has 1 heterocycles. The summed E-state index contributed by atoms with van der Waals surface area (Å²) in [5, 5.41) is 3.30. The van der Waals surface area contributed by atoms with Crippen LogP contribution in [0.5, 0.6) is 5.75 Å². The maximum absolute atomic E-state index is 13.7. The summed E-state index contributed by atoms with van der Waals surface area (Å²) < 4.78 is 18.9. The van der Waals surface area contributed by atoms with Gasteiger partial charge in [0.15, 0.2) is 11.6 Å². The number of halogens is 1. The van der Waals surface area contributed by atoms with Crippen molar-refractivity contribution in [2.24, 2.45) is 0 Å². The molecule has 1 aliphatic rings. The summed E-state index contributed by atoms with van der Waals surface area (Å²) >= 11 is 0. The summed E-state index contributed by atoms with van der Waals surface area (Å²) in [6, 6.07) is 3.52. The van der Waals surface area contributed by atoms with Gasteiger partial charge in [0.1, 0.15) is 0 Å². The predicted molar refractivity (Wildman–Crippen MR) is 65.8 cm³/mol. The summed E-state index contributed by atoms with van der Waals surface area (Å²) in [6.07, 6.45) is 0. The molecule has 1 fully saturated rings. The van der Waals surface area contributed by atoms with Crippen LogP contribution in [0.1, 0.15) is 11.1 Å². The lowest BCUT2D eigenvalue weighted by molar-refractivity contribution is 0.229. The van der Waals surface area contributed by atoms with Crippen LogP contribution < -0.4 is 10.1 Å². The van der Waals surface area contributed by atoms with E-state index in [-0.39, 0.29) is 5.82 Å². The second-order valence-electron chi connectivity index (χ2n) is 4.47. The van der Waals surface area contributed by atoms with E-state index in [0.717, 1.165) is 43.9 Å². The molecule has 0 aromatic heterocycles. The normalized spacial score (nSPS) is 17.1. The highest BCUT2D eigenvalue weighted by molar-refractivity contribution is 5.38. The van der Waals surface area contributed by atoms with Crippen LogP contribution in [0.3, 0.4) is 0 Å². The Hall–Kier alpha value is -1.13. The summed E-state index contributed by atoms with van der Waals surface area (Å²) in [5.41, 5.74) is 1.88. The highest BCUT2D eigenvalue weighted by Gasteiger charge is 2.15. The van der Waals surface area contributed by atoms with Gasteiger partial charge in [-0.25, -0.2) is 4.39 Å². The van der Waals surface area contributed by atoms with Crippen LogP contribution in [0, 0.1) is 12.7 Å². The number of methoxy groups -OCH3 is 1. The fourth-order valence-corrected chi connectivity index (χ4v) is 2.26. The van der Waals surface area contributed by atoms with E-state index in [1.807, 2.05) is 13.0 Å². The summed E-state index contributed by atoms with van der Waals surface area (Å²) in [6.45, 7) is 6.65. The SMILES string of the molecule is COc1c(F)cc(C)cc1CN1CCNCC1. The van der Waals surface area contributed by atoms with Crippen LogP contribution in [-0.2, 0) is 6.54 Å². The molecule has 3 nitrogen and oxygen atoms in total. The smallest absolute Gasteiger partial charge is 0.165 e. The first kappa shape index (κ1) is 12.3. The monoisotopic (exact) mass is 238 g/mol. The third-order valence-electron chi connectivity index (χ3n) is 3.07. The van der Waals surface area contributed by atoms with Gasteiger partial charge in [-0.1, -0.05) is 6.07 Å². The minimum atomic E-state index is -0.266. The van der Waals surface area contributed by atoms with Gasteiger partial charge in [-0.15, -0.1) is 0 Å². The molecule has 94 valence electrons. The van der Waals surface area contributed by atoms with E-state index in [4.69, 9.17) is 4.74 Å². The molecule has 1 aliphatic heterocycles. The molecule has 1 aromatic rings. The van der Waals surface area contributed by atoms with E-state index in [0.29, 0.717) is 5.75 Å². The molecule has 2 rings (SSSR count). The third-order valence-corrected chi connectivity index (χ3v) is 3.07. The summed E-state index contributed by atoms with van der Waals surface area (Å²) in [7, 11) is 1.52. The largest absolute Gasteiger partial charge is 0.493 e. The first-order valence-electron chi connectivity index (χ1n) is 5.97.